The SMILES string of the molecule is O=[N+]([O-])c1ccc(N2CCC[C@@H](c3ccn[nH]3)C2)nc1. The average Bonchev–Trinajstić information content (AvgIpc) is 3.02. The van der Waals surface area contributed by atoms with E-state index in [-0.39, 0.29) is 5.69 Å². The van der Waals surface area contributed by atoms with Crippen LogP contribution in [0, 0.1) is 10.1 Å². The molecule has 1 fully saturated rings. The van der Waals surface area contributed by atoms with Crippen molar-refractivity contribution < 1.29 is 4.92 Å². The number of pyridine rings is 1. The summed E-state index contributed by atoms with van der Waals surface area (Å²) in [5, 5.41) is 17.6. The molecule has 3 rings (SSSR count). The van der Waals surface area contributed by atoms with Gasteiger partial charge in [0.25, 0.3) is 5.69 Å². The number of nitrogens with zero attached hydrogens (tertiary/aromatic N) is 4. The second-order valence-corrected chi connectivity index (χ2v) is 4.93. The number of hydrogen-bond donors (Lipinski definition) is 1. The van der Waals surface area contributed by atoms with Gasteiger partial charge in [0.15, 0.2) is 0 Å². The minimum atomic E-state index is -0.430. The molecule has 2 aromatic rings. The number of nitrogens with one attached hydrogen (secondary N) is 1. The third kappa shape index (κ3) is 2.47. The fraction of sp³-hybridized carbons (Fsp3) is 0.385. The summed E-state index contributed by atoms with van der Waals surface area (Å²) in [5.74, 6) is 1.20. The van der Waals surface area contributed by atoms with E-state index in [0.717, 1.165) is 37.4 Å². The van der Waals surface area contributed by atoms with Gasteiger partial charge in [-0.15, -0.1) is 0 Å². The summed E-state index contributed by atoms with van der Waals surface area (Å²) < 4.78 is 0. The lowest BCUT2D eigenvalue weighted by atomic mass is 9.95. The average molecular weight is 273 g/mol. The third-order valence-corrected chi connectivity index (χ3v) is 3.65. The van der Waals surface area contributed by atoms with Crippen molar-refractivity contribution in [3.8, 4) is 0 Å². The van der Waals surface area contributed by atoms with Crippen LogP contribution in [-0.4, -0.2) is 33.2 Å². The van der Waals surface area contributed by atoms with Crippen LogP contribution in [0.2, 0.25) is 0 Å². The van der Waals surface area contributed by atoms with Crippen LogP contribution in [0.5, 0.6) is 0 Å². The Labute approximate surface area is 115 Å². The van der Waals surface area contributed by atoms with E-state index in [1.807, 2.05) is 6.07 Å². The molecule has 1 saturated heterocycles. The number of aromatic amines is 1. The summed E-state index contributed by atoms with van der Waals surface area (Å²) in [5.41, 5.74) is 1.16. The lowest BCUT2D eigenvalue weighted by Gasteiger charge is -2.32. The van der Waals surface area contributed by atoms with Gasteiger partial charge in [-0.1, -0.05) is 0 Å². The van der Waals surface area contributed by atoms with Gasteiger partial charge in [-0.2, -0.15) is 5.10 Å². The maximum Gasteiger partial charge on any atom is 0.287 e. The highest BCUT2D eigenvalue weighted by Crippen LogP contribution is 2.28. The van der Waals surface area contributed by atoms with Gasteiger partial charge in [-0.3, -0.25) is 15.2 Å². The number of rotatable bonds is 3. The Morgan fingerprint density at radius 3 is 2.95 bits per heavy atom. The second-order valence-electron chi connectivity index (χ2n) is 4.93. The van der Waals surface area contributed by atoms with E-state index in [0.29, 0.717) is 5.92 Å². The molecule has 0 aliphatic carbocycles. The van der Waals surface area contributed by atoms with Crippen LogP contribution in [0.15, 0.2) is 30.6 Å². The van der Waals surface area contributed by atoms with Crippen molar-refractivity contribution in [2.45, 2.75) is 18.8 Å². The highest BCUT2D eigenvalue weighted by atomic mass is 16.6. The largest absolute Gasteiger partial charge is 0.356 e. The molecule has 20 heavy (non-hydrogen) atoms. The minimum absolute atomic E-state index is 0.0240. The summed E-state index contributed by atoms with van der Waals surface area (Å²) in [4.78, 5) is 16.6. The lowest BCUT2D eigenvalue weighted by molar-refractivity contribution is -0.385. The van der Waals surface area contributed by atoms with Gasteiger partial charge in [0.05, 0.1) is 4.92 Å². The van der Waals surface area contributed by atoms with E-state index in [1.165, 1.54) is 12.3 Å². The van der Waals surface area contributed by atoms with Gasteiger partial charge >= 0.3 is 0 Å². The number of aromatic nitrogens is 3. The molecule has 0 radical (unpaired) electrons. The highest BCUT2D eigenvalue weighted by molar-refractivity contribution is 5.43. The Balaban J connectivity index is 1.75. The fourth-order valence-corrected chi connectivity index (χ4v) is 2.61. The first-order valence-corrected chi connectivity index (χ1v) is 6.58. The van der Waals surface area contributed by atoms with E-state index in [1.54, 1.807) is 12.3 Å². The summed E-state index contributed by atoms with van der Waals surface area (Å²) in [6.45, 7) is 1.78. The molecule has 1 N–H and O–H groups in total. The van der Waals surface area contributed by atoms with Gasteiger partial charge in [-0.05, 0) is 25.0 Å². The first kappa shape index (κ1) is 12.6. The van der Waals surface area contributed by atoms with E-state index >= 15 is 0 Å². The molecule has 0 saturated carbocycles. The van der Waals surface area contributed by atoms with Gasteiger partial charge in [0.2, 0.25) is 0 Å². The molecule has 0 aromatic carbocycles. The molecule has 7 heteroatoms. The number of hydrogen-bond acceptors (Lipinski definition) is 5. The standard InChI is InChI=1S/C13H15N5O2/c19-18(20)11-3-4-13(14-8-11)17-7-1-2-10(9-17)12-5-6-15-16-12/h3-6,8,10H,1-2,7,9H2,(H,15,16)/t10-/m1/s1. The Hall–Kier alpha value is -2.44. The molecule has 1 atom stereocenters. The molecular weight excluding hydrogens is 258 g/mol. The summed E-state index contributed by atoms with van der Waals surface area (Å²) in [6.07, 6.45) is 5.27. The van der Waals surface area contributed by atoms with Gasteiger partial charge in [0.1, 0.15) is 12.0 Å². The van der Waals surface area contributed by atoms with Crippen LogP contribution in [0.4, 0.5) is 11.5 Å². The molecule has 104 valence electrons. The maximum absolute atomic E-state index is 10.6. The Bertz CT molecular complexity index is 581. The molecule has 0 amide bonds. The number of H-pyrrole nitrogens is 1. The van der Waals surface area contributed by atoms with Crippen LogP contribution < -0.4 is 4.90 Å². The summed E-state index contributed by atoms with van der Waals surface area (Å²) in [7, 11) is 0. The van der Waals surface area contributed by atoms with Crippen molar-refractivity contribution in [1.29, 1.82) is 0 Å². The third-order valence-electron chi connectivity index (χ3n) is 3.65. The zero-order chi connectivity index (χ0) is 13.9. The molecule has 1 aliphatic heterocycles. The zero-order valence-electron chi connectivity index (χ0n) is 10.9. The molecule has 0 spiro atoms. The predicted molar refractivity (Wildman–Crippen MR) is 73.7 cm³/mol. The molecule has 3 heterocycles. The smallest absolute Gasteiger partial charge is 0.287 e. The number of piperidine rings is 1. The first-order valence-electron chi connectivity index (χ1n) is 6.58. The molecule has 2 aromatic heterocycles. The Morgan fingerprint density at radius 2 is 2.30 bits per heavy atom. The van der Waals surface area contributed by atoms with Crippen molar-refractivity contribution in [2.75, 3.05) is 18.0 Å². The van der Waals surface area contributed by atoms with Crippen LogP contribution >= 0.6 is 0 Å². The fourth-order valence-electron chi connectivity index (χ4n) is 2.61. The van der Waals surface area contributed by atoms with E-state index in [4.69, 9.17) is 0 Å². The van der Waals surface area contributed by atoms with Crippen molar-refractivity contribution in [1.82, 2.24) is 15.2 Å². The monoisotopic (exact) mass is 273 g/mol. The van der Waals surface area contributed by atoms with Crippen molar-refractivity contribution >= 4 is 11.5 Å². The van der Waals surface area contributed by atoms with Crippen molar-refractivity contribution in [2.24, 2.45) is 0 Å². The molecule has 7 nitrogen and oxygen atoms in total. The molecule has 0 bridgehead atoms. The lowest BCUT2D eigenvalue weighted by Crippen LogP contribution is -2.35. The van der Waals surface area contributed by atoms with Gasteiger partial charge < -0.3 is 4.90 Å². The molecular formula is C13H15N5O2. The minimum Gasteiger partial charge on any atom is -0.356 e. The van der Waals surface area contributed by atoms with Gasteiger partial charge in [-0.25, -0.2) is 4.98 Å². The maximum atomic E-state index is 10.6. The van der Waals surface area contributed by atoms with Crippen LogP contribution in [0.25, 0.3) is 0 Å². The normalized spacial score (nSPS) is 19.0. The Kier molecular flexibility index (Phi) is 3.32. The second kappa shape index (κ2) is 5.28. The zero-order valence-corrected chi connectivity index (χ0v) is 10.9. The summed E-state index contributed by atoms with van der Waals surface area (Å²) >= 11 is 0. The predicted octanol–water partition coefficient (Wildman–Crippen LogP) is 2.10. The first-order chi connectivity index (χ1) is 9.74. The van der Waals surface area contributed by atoms with E-state index in [2.05, 4.69) is 20.1 Å². The molecule has 0 unspecified atom stereocenters. The van der Waals surface area contributed by atoms with Crippen molar-refractivity contribution in [3.63, 3.8) is 0 Å². The van der Waals surface area contributed by atoms with Gasteiger partial charge in [0, 0.05) is 37.0 Å². The van der Waals surface area contributed by atoms with Crippen molar-refractivity contribution in [3.05, 3.63) is 46.4 Å². The van der Waals surface area contributed by atoms with E-state index in [9.17, 15) is 10.1 Å². The summed E-state index contributed by atoms with van der Waals surface area (Å²) in [6, 6.07) is 5.22. The number of nitro groups is 1. The van der Waals surface area contributed by atoms with E-state index < -0.39 is 4.92 Å². The topological polar surface area (TPSA) is 88.0 Å². The Morgan fingerprint density at radius 1 is 1.40 bits per heavy atom. The van der Waals surface area contributed by atoms with Crippen LogP contribution in [-0.2, 0) is 0 Å². The quantitative estimate of drug-likeness (QED) is 0.683. The number of anilines is 1. The highest BCUT2D eigenvalue weighted by Gasteiger charge is 2.23. The van der Waals surface area contributed by atoms with Crippen LogP contribution in [0.1, 0.15) is 24.5 Å². The molecule has 1 aliphatic rings. The van der Waals surface area contributed by atoms with Crippen LogP contribution in [0.3, 0.4) is 0 Å².